The van der Waals surface area contributed by atoms with E-state index in [1.54, 1.807) is 43.6 Å². The van der Waals surface area contributed by atoms with E-state index in [0.29, 0.717) is 11.3 Å². The van der Waals surface area contributed by atoms with Gasteiger partial charge in [0.2, 0.25) is 0 Å². The van der Waals surface area contributed by atoms with Gasteiger partial charge >= 0.3 is 5.97 Å². The molecule has 0 spiro atoms. The molecule has 0 bridgehead atoms. The smallest absolute Gasteiger partial charge is 0.307 e. The Balaban J connectivity index is 1.96. The molecule has 1 unspecified atom stereocenters. The monoisotopic (exact) mass is 374 g/mol. The predicted molar refractivity (Wildman–Crippen MR) is 99.8 cm³/mol. The number of esters is 1. The van der Waals surface area contributed by atoms with Crippen LogP contribution in [0.5, 0.6) is 0 Å². The summed E-state index contributed by atoms with van der Waals surface area (Å²) in [5.41, 5.74) is 7.90. The van der Waals surface area contributed by atoms with Gasteiger partial charge in [0.1, 0.15) is 0 Å². The molecule has 0 aliphatic carbocycles. The van der Waals surface area contributed by atoms with Crippen LogP contribution in [0.25, 0.3) is 0 Å². The average Bonchev–Trinajstić information content (AvgIpc) is 2.65. The summed E-state index contributed by atoms with van der Waals surface area (Å²) in [6.45, 7) is 2.57. The molecule has 0 aliphatic rings. The molecule has 2 rings (SSSR count). The van der Waals surface area contributed by atoms with Crippen LogP contribution >= 0.6 is 0 Å². The number of pyridine rings is 1. The molecule has 8 nitrogen and oxygen atoms in total. The normalized spacial score (nSPS) is 12.3. The van der Waals surface area contributed by atoms with Crippen molar-refractivity contribution in [2.45, 2.75) is 25.9 Å². The van der Waals surface area contributed by atoms with E-state index in [2.05, 4.69) is 4.98 Å². The molecule has 0 saturated heterocycles. The number of nitrogen functional groups attached to an aromatic ring is 1. The Morgan fingerprint density at radius 2 is 2.07 bits per heavy atom. The Labute approximate surface area is 158 Å². The fourth-order valence-corrected chi connectivity index (χ4v) is 2.70. The van der Waals surface area contributed by atoms with Crippen molar-refractivity contribution in [1.29, 1.82) is 0 Å². The zero-order valence-electron chi connectivity index (χ0n) is 15.4. The molecular weight excluding hydrogens is 348 g/mol. The molecule has 1 aromatic heterocycles. The van der Waals surface area contributed by atoms with E-state index in [0.717, 1.165) is 15.7 Å². The molecule has 0 amide bonds. The van der Waals surface area contributed by atoms with E-state index < -0.39 is 12.0 Å². The minimum Gasteiger partial charge on any atom is -0.466 e. The first-order valence-electron chi connectivity index (χ1n) is 8.79. The molecule has 2 aromatic rings. The molecule has 0 aliphatic heterocycles. The quantitative estimate of drug-likeness (QED) is 0.330. The van der Waals surface area contributed by atoms with Crippen molar-refractivity contribution in [2.24, 2.45) is 0 Å². The van der Waals surface area contributed by atoms with E-state index in [1.807, 2.05) is 12.1 Å². The lowest BCUT2D eigenvalue weighted by Crippen LogP contribution is -2.35. The van der Waals surface area contributed by atoms with E-state index in [9.17, 15) is 15.2 Å². The molecule has 8 heteroatoms. The maximum absolute atomic E-state index is 11.9. The Morgan fingerprint density at radius 1 is 1.26 bits per heavy atom. The molecule has 0 saturated carbocycles. The molecule has 1 heterocycles. The number of hydrogen-bond acceptors (Lipinski definition) is 8. The first-order valence-corrected chi connectivity index (χ1v) is 8.79. The number of ether oxygens (including phenoxy) is 1. The van der Waals surface area contributed by atoms with Gasteiger partial charge < -0.3 is 20.9 Å². The number of anilines is 1. The fourth-order valence-electron chi connectivity index (χ4n) is 2.70. The van der Waals surface area contributed by atoms with Gasteiger partial charge in [-0.25, -0.2) is 0 Å². The van der Waals surface area contributed by atoms with Crippen LogP contribution in [-0.4, -0.2) is 51.2 Å². The summed E-state index contributed by atoms with van der Waals surface area (Å²) in [5, 5.41) is 22.7. The number of aromatic nitrogens is 1. The number of rotatable bonds is 10. The highest BCUT2D eigenvalue weighted by Crippen LogP contribution is 2.22. The summed E-state index contributed by atoms with van der Waals surface area (Å²) in [5.74, 6) is -0.411. The Bertz CT molecular complexity index is 714. The lowest BCUT2D eigenvalue weighted by molar-refractivity contribution is -0.171. The zero-order chi connectivity index (χ0) is 19.6. The first-order chi connectivity index (χ1) is 13.0. The average molecular weight is 374 g/mol. The van der Waals surface area contributed by atoms with Crippen molar-refractivity contribution < 1.29 is 19.9 Å². The third-order valence-corrected chi connectivity index (χ3v) is 4.00. The van der Waals surface area contributed by atoms with Crippen molar-refractivity contribution in [3.63, 3.8) is 0 Å². The van der Waals surface area contributed by atoms with E-state index in [1.165, 1.54) is 0 Å². The van der Waals surface area contributed by atoms with E-state index in [-0.39, 0.29) is 32.7 Å². The van der Waals surface area contributed by atoms with Crippen LogP contribution < -0.4 is 5.73 Å². The van der Waals surface area contributed by atoms with Crippen LogP contribution in [0, 0.1) is 0 Å². The largest absolute Gasteiger partial charge is 0.466 e. The molecule has 0 fully saturated rings. The fraction of sp³-hybridized carbons (Fsp3) is 0.368. The van der Waals surface area contributed by atoms with Crippen molar-refractivity contribution in [1.82, 2.24) is 15.1 Å². The number of hydroxylamine groups is 4. The number of hydrogen-bond donors (Lipinski definition) is 3. The standard InChI is InChI=1S/C19H26N4O4/c1-2-27-19(24)12-18(16-6-4-8-21-13-16)23(26)10-9-22(25)14-15-5-3-7-17(20)11-15/h3-8,11,13,18,25-26H,2,9-10,12,14,20H2,1H3. The molecule has 0 radical (unpaired) electrons. The highest BCUT2D eigenvalue weighted by molar-refractivity contribution is 5.70. The number of benzene rings is 1. The van der Waals surface area contributed by atoms with Gasteiger partial charge in [0, 0.05) is 37.7 Å². The summed E-state index contributed by atoms with van der Waals surface area (Å²) in [4.78, 5) is 15.9. The second kappa shape index (κ2) is 10.6. The molecule has 1 atom stereocenters. The topological polar surface area (TPSA) is 112 Å². The van der Waals surface area contributed by atoms with Crippen molar-refractivity contribution >= 4 is 11.7 Å². The summed E-state index contributed by atoms with van der Waals surface area (Å²) >= 11 is 0. The van der Waals surface area contributed by atoms with Crippen LogP contribution in [0.15, 0.2) is 48.8 Å². The van der Waals surface area contributed by atoms with Crippen LogP contribution in [0.2, 0.25) is 0 Å². The maximum Gasteiger partial charge on any atom is 0.307 e. The van der Waals surface area contributed by atoms with Gasteiger partial charge in [0.25, 0.3) is 0 Å². The number of carbonyl (C=O) groups is 1. The van der Waals surface area contributed by atoms with Crippen LogP contribution in [0.3, 0.4) is 0 Å². The Hall–Kier alpha value is -2.52. The third kappa shape index (κ3) is 6.95. The van der Waals surface area contributed by atoms with Crippen molar-refractivity contribution in [2.75, 3.05) is 25.4 Å². The number of carbonyl (C=O) groups excluding carboxylic acids is 1. The summed E-state index contributed by atoms with van der Waals surface area (Å²) < 4.78 is 4.99. The predicted octanol–water partition coefficient (Wildman–Crippen LogP) is 2.24. The van der Waals surface area contributed by atoms with Crippen molar-refractivity contribution in [3.05, 3.63) is 59.9 Å². The number of nitrogens with two attached hydrogens (primary N) is 1. The van der Waals surface area contributed by atoms with Crippen molar-refractivity contribution in [3.8, 4) is 0 Å². The van der Waals surface area contributed by atoms with Gasteiger partial charge in [-0.05, 0) is 36.2 Å². The van der Waals surface area contributed by atoms with E-state index >= 15 is 0 Å². The number of nitrogens with zero attached hydrogens (tertiary/aromatic N) is 3. The maximum atomic E-state index is 11.9. The van der Waals surface area contributed by atoms with E-state index in [4.69, 9.17) is 10.5 Å². The minimum atomic E-state index is -0.612. The molecule has 4 N–H and O–H groups in total. The van der Waals surface area contributed by atoms with Gasteiger partial charge in [-0.2, -0.15) is 10.1 Å². The highest BCUT2D eigenvalue weighted by atomic mass is 16.5. The zero-order valence-corrected chi connectivity index (χ0v) is 15.4. The molecular formula is C19H26N4O4. The lowest BCUT2D eigenvalue weighted by Gasteiger charge is -2.27. The molecule has 27 heavy (non-hydrogen) atoms. The van der Waals surface area contributed by atoms with Crippen LogP contribution in [-0.2, 0) is 16.1 Å². The van der Waals surface area contributed by atoms with Gasteiger partial charge in [0.05, 0.1) is 19.1 Å². The first kappa shape index (κ1) is 20.8. The Morgan fingerprint density at radius 3 is 2.74 bits per heavy atom. The second-order valence-corrected chi connectivity index (χ2v) is 6.11. The molecule has 146 valence electrons. The summed E-state index contributed by atoms with van der Waals surface area (Å²) in [7, 11) is 0. The van der Waals surface area contributed by atoms with Gasteiger partial charge in [-0.3, -0.25) is 9.78 Å². The highest BCUT2D eigenvalue weighted by Gasteiger charge is 2.23. The Kier molecular flexibility index (Phi) is 8.15. The minimum absolute atomic E-state index is 0.0172. The van der Waals surface area contributed by atoms with Crippen LogP contribution in [0.1, 0.15) is 30.5 Å². The third-order valence-electron chi connectivity index (χ3n) is 4.00. The van der Waals surface area contributed by atoms with Crippen LogP contribution in [0.4, 0.5) is 5.69 Å². The SMILES string of the molecule is CCOC(=O)CC(c1cccnc1)N(O)CCN(O)Cc1cccc(N)c1. The second-order valence-electron chi connectivity index (χ2n) is 6.11. The summed E-state index contributed by atoms with van der Waals surface area (Å²) in [6.07, 6.45) is 3.20. The lowest BCUT2D eigenvalue weighted by atomic mass is 10.1. The summed E-state index contributed by atoms with van der Waals surface area (Å²) in [6, 6.07) is 10.1. The van der Waals surface area contributed by atoms with Gasteiger partial charge in [-0.1, -0.05) is 18.2 Å². The van der Waals surface area contributed by atoms with Gasteiger partial charge in [0.15, 0.2) is 0 Å². The van der Waals surface area contributed by atoms with Gasteiger partial charge in [-0.15, -0.1) is 0 Å². The molecule has 1 aromatic carbocycles.